The van der Waals surface area contributed by atoms with Crippen LogP contribution in [0.5, 0.6) is 0 Å². The van der Waals surface area contributed by atoms with Gasteiger partial charge in [0.1, 0.15) is 22.6 Å². The summed E-state index contributed by atoms with van der Waals surface area (Å²) in [5.41, 5.74) is 6.18. The van der Waals surface area contributed by atoms with E-state index in [4.69, 9.17) is 16.1 Å². The summed E-state index contributed by atoms with van der Waals surface area (Å²) in [6.45, 7) is 9.31. The first-order valence-electron chi connectivity index (χ1n) is 8.60. The number of rotatable bonds is 2. The minimum atomic E-state index is 0.515. The first kappa shape index (κ1) is 17.0. The van der Waals surface area contributed by atoms with E-state index in [0.717, 1.165) is 59.2 Å². The number of pyridine rings is 1. The maximum absolute atomic E-state index is 6.26. The van der Waals surface area contributed by atoms with Crippen LogP contribution >= 0.6 is 11.6 Å². The van der Waals surface area contributed by atoms with Crippen LogP contribution < -0.4 is 4.90 Å². The Morgan fingerprint density at radius 3 is 2.69 bits per heavy atom. The molecule has 1 aliphatic heterocycles. The number of fused-ring (bicyclic) bond motifs is 1. The lowest BCUT2D eigenvalue weighted by molar-refractivity contribution is 0.393. The summed E-state index contributed by atoms with van der Waals surface area (Å²) >= 11 is 6.26. The molecule has 7 heteroatoms. The summed E-state index contributed by atoms with van der Waals surface area (Å²) in [5, 5.41) is 4.57. The smallest absolute Gasteiger partial charge is 0.141 e. The lowest BCUT2D eigenvalue weighted by Gasteiger charge is -2.30. The van der Waals surface area contributed by atoms with Crippen LogP contribution in [0.2, 0.25) is 5.15 Å². The molecule has 0 saturated heterocycles. The van der Waals surface area contributed by atoms with Gasteiger partial charge in [0.15, 0.2) is 0 Å². The molecule has 26 heavy (non-hydrogen) atoms. The van der Waals surface area contributed by atoms with Gasteiger partial charge in [-0.15, -0.1) is 0 Å². The molecule has 0 amide bonds. The summed E-state index contributed by atoms with van der Waals surface area (Å²) in [6.07, 6.45) is 2.79. The third-order valence-corrected chi connectivity index (χ3v) is 5.20. The molecular weight excluding hydrogens is 350 g/mol. The second-order valence-corrected chi connectivity index (χ2v) is 7.07. The Balaban J connectivity index is 1.72. The molecule has 0 radical (unpaired) electrons. The normalized spacial score (nSPS) is 13.8. The van der Waals surface area contributed by atoms with Gasteiger partial charge in [-0.25, -0.2) is 9.97 Å². The van der Waals surface area contributed by atoms with Crippen LogP contribution in [0.4, 0.5) is 5.82 Å². The maximum atomic E-state index is 6.26. The maximum Gasteiger partial charge on any atom is 0.141 e. The van der Waals surface area contributed by atoms with Gasteiger partial charge in [-0.2, -0.15) is 0 Å². The molecule has 0 N–H and O–H groups in total. The Morgan fingerprint density at radius 2 is 1.96 bits per heavy atom. The van der Waals surface area contributed by atoms with Gasteiger partial charge < -0.3 is 9.42 Å². The number of hydrogen-bond donors (Lipinski definition) is 0. The van der Waals surface area contributed by atoms with E-state index in [-0.39, 0.29) is 0 Å². The molecule has 0 saturated carbocycles. The highest BCUT2D eigenvalue weighted by molar-refractivity contribution is 6.30. The van der Waals surface area contributed by atoms with Crippen LogP contribution in [0.15, 0.2) is 16.8 Å². The van der Waals surface area contributed by atoms with E-state index in [1.54, 1.807) is 0 Å². The van der Waals surface area contributed by atoms with Crippen molar-refractivity contribution in [3.05, 3.63) is 51.5 Å². The molecule has 3 aromatic heterocycles. The average Bonchev–Trinajstić information content (AvgIpc) is 2.95. The quantitative estimate of drug-likeness (QED) is 0.636. The molecule has 6 nitrogen and oxygen atoms in total. The first-order chi connectivity index (χ1) is 12.4. The zero-order chi connectivity index (χ0) is 18.4. The van der Waals surface area contributed by atoms with E-state index in [1.165, 1.54) is 5.56 Å². The van der Waals surface area contributed by atoms with Gasteiger partial charge in [-0.3, -0.25) is 4.98 Å². The molecule has 0 bridgehead atoms. The summed E-state index contributed by atoms with van der Waals surface area (Å²) in [7, 11) is 0. The summed E-state index contributed by atoms with van der Waals surface area (Å²) in [6, 6.07) is 2.19. The predicted octanol–water partition coefficient (Wildman–Crippen LogP) is 3.98. The standard InChI is InChI=1S/C19H20ClN5O/c1-10-18(20)22-13(4)23-19(10)25-6-5-16-15(9-25)7-14(8-21-16)17-11(2)24-26-12(17)3/h7-8H,5-6,9H2,1-4H3. The number of aromatic nitrogens is 4. The first-order valence-corrected chi connectivity index (χ1v) is 8.98. The molecule has 1 aliphatic rings. The highest BCUT2D eigenvalue weighted by atomic mass is 35.5. The fraction of sp³-hybridized carbons (Fsp3) is 0.368. The van der Waals surface area contributed by atoms with Gasteiger partial charge in [0.05, 0.1) is 5.69 Å². The Labute approximate surface area is 157 Å². The molecule has 4 rings (SSSR count). The van der Waals surface area contributed by atoms with E-state index in [0.29, 0.717) is 11.0 Å². The zero-order valence-corrected chi connectivity index (χ0v) is 16.1. The van der Waals surface area contributed by atoms with E-state index < -0.39 is 0 Å². The molecule has 0 aromatic carbocycles. The van der Waals surface area contributed by atoms with Crippen LogP contribution in [0.3, 0.4) is 0 Å². The van der Waals surface area contributed by atoms with E-state index in [9.17, 15) is 0 Å². The van der Waals surface area contributed by atoms with Crippen molar-refractivity contribution in [2.45, 2.75) is 40.7 Å². The third kappa shape index (κ3) is 2.84. The van der Waals surface area contributed by atoms with Gasteiger partial charge in [-0.1, -0.05) is 16.8 Å². The fourth-order valence-electron chi connectivity index (χ4n) is 3.53. The van der Waals surface area contributed by atoms with Gasteiger partial charge in [-0.05, 0) is 39.3 Å². The van der Waals surface area contributed by atoms with Gasteiger partial charge in [0.2, 0.25) is 0 Å². The van der Waals surface area contributed by atoms with Crippen molar-refractivity contribution >= 4 is 17.4 Å². The van der Waals surface area contributed by atoms with Gasteiger partial charge in [0.25, 0.3) is 0 Å². The van der Waals surface area contributed by atoms with Crippen molar-refractivity contribution in [2.24, 2.45) is 0 Å². The number of halogens is 1. The van der Waals surface area contributed by atoms with E-state index in [1.807, 2.05) is 33.9 Å². The lowest BCUT2D eigenvalue weighted by atomic mass is 9.99. The Bertz CT molecular complexity index is 978. The van der Waals surface area contributed by atoms with Crippen molar-refractivity contribution in [2.75, 3.05) is 11.4 Å². The van der Waals surface area contributed by atoms with Crippen LogP contribution in [0.1, 0.15) is 34.1 Å². The molecule has 0 aliphatic carbocycles. The summed E-state index contributed by atoms with van der Waals surface area (Å²) in [5.74, 6) is 2.39. The van der Waals surface area contributed by atoms with Crippen molar-refractivity contribution in [1.29, 1.82) is 0 Å². The van der Waals surface area contributed by atoms with Gasteiger partial charge in [0, 0.05) is 48.1 Å². The monoisotopic (exact) mass is 369 g/mol. The number of anilines is 1. The Morgan fingerprint density at radius 1 is 1.15 bits per heavy atom. The topological polar surface area (TPSA) is 67.9 Å². The minimum absolute atomic E-state index is 0.515. The molecule has 0 spiro atoms. The second kappa shape index (κ2) is 6.36. The third-order valence-electron chi connectivity index (χ3n) is 4.83. The van der Waals surface area contributed by atoms with E-state index in [2.05, 4.69) is 31.1 Å². The van der Waals surface area contributed by atoms with Crippen molar-refractivity contribution in [3.63, 3.8) is 0 Å². The lowest BCUT2D eigenvalue weighted by Crippen LogP contribution is -2.32. The summed E-state index contributed by atoms with van der Waals surface area (Å²) < 4.78 is 5.31. The molecule has 0 unspecified atom stereocenters. The molecule has 0 fully saturated rings. The molecule has 134 valence electrons. The van der Waals surface area contributed by atoms with Gasteiger partial charge >= 0.3 is 0 Å². The molecular formula is C19H20ClN5O. The van der Waals surface area contributed by atoms with Crippen LogP contribution in [0, 0.1) is 27.7 Å². The molecule has 3 aromatic rings. The predicted molar refractivity (Wildman–Crippen MR) is 100 cm³/mol. The Hall–Kier alpha value is -2.47. The Kier molecular flexibility index (Phi) is 4.15. The highest BCUT2D eigenvalue weighted by Crippen LogP contribution is 2.31. The molecule has 0 atom stereocenters. The number of aryl methyl sites for hydroxylation is 3. The van der Waals surface area contributed by atoms with Crippen LogP contribution in [-0.2, 0) is 13.0 Å². The number of nitrogens with zero attached hydrogens (tertiary/aromatic N) is 5. The summed E-state index contributed by atoms with van der Waals surface area (Å²) in [4.78, 5) is 15.8. The minimum Gasteiger partial charge on any atom is -0.361 e. The SMILES string of the molecule is Cc1nc(Cl)c(C)c(N2CCc3ncc(-c4c(C)noc4C)cc3C2)n1. The number of hydrogen-bond acceptors (Lipinski definition) is 6. The average molecular weight is 370 g/mol. The molecule has 4 heterocycles. The second-order valence-electron chi connectivity index (χ2n) is 6.71. The van der Waals surface area contributed by atoms with Crippen molar-refractivity contribution in [1.82, 2.24) is 20.1 Å². The van der Waals surface area contributed by atoms with Crippen LogP contribution in [0.25, 0.3) is 11.1 Å². The zero-order valence-electron chi connectivity index (χ0n) is 15.3. The van der Waals surface area contributed by atoms with Crippen molar-refractivity contribution in [3.8, 4) is 11.1 Å². The highest BCUT2D eigenvalue weighted by Gasteiger charge is 2.23. The van der Waals surface area contributed by atoms with Crippen LogP contribution in [-0.4, -0.2) is 26.7 Å². The van der Waals surface area contributed by atoms with Crippen molar-refractivity contribution < 1.29 is 4.52 Å². The van der Waals surface area contributed by atoms with E-state index >= 15 is 0 Å². The largest absolute Gasteiger partial charge is 0.361 e. The fourth-order valence-corrected chi connectivity index (χ4v) is 3.73.